The first kappa shape index (κ1) is 24.6. The zero-order valence-electron chi connectivity index (χ0n) is 18.7. The van der Waals surface area contributed by atoms with Crippen molar-refractivity contribution in [3.63, 3.8) is 0 Å². The second kappa shape index (κ2) is 10.1. The predicted octanol–water partition coefficient (Wildman–Crippen LogP) is 6.29. The molecule has 0 atom stereocenters. The second-order valence-corrected chi connectivity index (χ2v) is 9.46. The highest BCUT2D eigenvalue weighted by molar-refractivity contribution is 7.14. The molecule has 0 bridgehead atoms. The Balaban J connectivity index is 1.26. The van der Waals surface area contributed by atoms with Gasteiger partial charge in [-0.05, 0) is 48.5 Å². The van der Waals surface area contributed by atoms with Gasteiger partial charge in [0, 0.05) is 27.2 Å². The third-order valence-corrected chi connectivity index (χ3v) is 6.76. The van der Waals surface area contributed by atoms with Gasteiger partial charge in [0.2, 0.25) is 0 Å². The predicted molar refractivity (Wildman–Crippen MR) is 142 cm³/mol. The summed E-state index contributed by atoms with van der Waals surface area (Å²) in [6, 6.07) is 18.8. The van der Waals surface area contributed by atoms with E-state index in [2.05, 4.69) is 15.6 Å². The van der Waals surface area contributed by atoms with Crippen LogP contribution in [0.15, 0.2) is 88.9 Å². The first-order valence-electron chi connectivity index (χ1n) is 10.7. The van der Waals surface area contributed by atoms with Gasteiger partial charge in [0.1, 0.15) is 16.5 Å². The maximum absolute atomic E-state index is 14.2. The van der Waals surface area contributed by atoms with Crippen LogP contribution in [0.5, 0.6) is 0 Å². The maximum atomic E-state index is 14.2. The smallest absolute Gasteiger partial charge is 0.283 e. The van der Waals surface area contributed by atoms with Crippen LogP contribution in [0.4, 0.5) is 20.9 Å². The fourth-order valence-electron chi connectivity index (χ4n) is 3.57. The molecule has 1 aromatic heterocycles. The Morgan fingerprint density at radius 1 is 0.919 bits per heavy atom. The van der Waals surface area contributed by atoms with Crippen molar-refractivity contribution in [3.8, 4) is 11.3 Å². The van der Waals surface area contributed by atoms with Crippen molar-refractivity contribution in [2.45, 2.75) is 0 Å². The van der Waals surface area contributed by atoms with Gasteiger partial charge in [0.05, 0.1) is 11.4 Å². The highest BCUT2D eigenvalue weighted by atomic mass is 35.5. The number of thiazole rings is 1. The number of carbonyl (C=O) groups excluding carboxylic acids is 3. The van der Waals surface area contributed by atoms with Crippen molar-refractivity contribution in [2.24, 2.45) is 0 Å². The van der Waals surface area contributed by atoms with Gasteiger partial charge in [-0.2, -0.15) is 0 Å². The summed E-state index contributed by atoms with van der Waals surface area (Å²) in [6.45, 7) is 0. The van der Waals surface area contributed by atoms with Gasteiger partial charge in [-0.25, -0.2) is 14.3 Å². The van der Waals surface area contributed by atoms with Crippen LogP contribution in [0.1, 0.15) is 10.4 Å². The topological polar surface area (TPSA) is 91.4 Å². The number of halogens is 3. The number of imide groups is 1. The minimum absolute atomic E-state index is 0.190. The van der Waals surface area contributed by atoms with Crippen LogP contribution in [-0.2, 0) is 9.59 Å². The zero-order valence-corrected chi connectivity index (χ0v) is 21.0. The third-order valence-electron chi connectivity index (χ3n) is 5.40. The molecule has 11 heteroatoms. The van der Waals surface area contributed by atoms with Crippen LogP contribution in [-0.4, -0.2) is 22.7 Å². The monoisotopic (exact) mass is 552 g/mol. The van der Waals surface area contributed by atoms with Gasteiger partial charge < -0.3 is 5.32 Å². The van der Waals surface area contributed by atoms with Crippen LogP contribution in [0.2, 0.25) is 5.02 Å². The number of nitrogens with one attached hydrogen (secondary N) is 2. The van der Waals surface area contributed by atoms with Crippen LogP contribution in [0.25, 0.3) is 11.3 Å². The number of nitrogens with zero attached hydrogens (tertiary/aromatic N) is 2. The largest absolute Gasteiger partial charge is 0.350 e. The average Bonchev–Trinajstić information content (AvgIpc) is 3.44. The molecule has 37 heavy (non-hydrogen) atoms. The summed E-state index contributed by atoms with van der Waals surface area (Å²) in [5.41, 5.74) is 1.95. The van der Waals surface area contributed by atoms with Gasteiger partial charge in [-0.3, -0.25) is 19.7 Å². The minimum atomic E-state index is -0.836. The van der Waals surface area contributed by atoms with Gasteiger partial charge in [0.25, 0.3) is 17.7 Å². The number of benzene rings is 3. The SMILES string of the molecule is O=C(Nc1nc(-c2ccc(Cl)cc2)cs1)c1ccc(NC2=C(Cl)C(=O)N(c3ccccc3F)C2=O)cc1. The Kier molecular flexibility index (Phi) is 6.75. The Labute approximate surface area is 224 Å². The molecule has 4 aromatic rings. The number of aromatic nitrogens is 1. The maximum Gasteiger partial charge on any atom is 0.283 e. The number of rotatable bonds is 6. The molecular formula is C26H15Cl2FN4O3S. The molecular weight excluding hydrogens is 538 g/mol. The van der Waals surface area contributed by atoms with E-state index in [0.717, 1.165) is 11.6 Å². The summed E-state index contributed by atoms with van der Waals surface area (Å²) in [7, 11) is 0. The van der Waals surface area contributed by atoms with E-state index >= 15 is 0 Å². The standard InChI is InChI=1S/C26H15Cl2FN4O3S/c27-16-9-5-14(6-10-16)19-13-37-26(31-19)32-23(34)15-7-11-17(12-8-15)30-22-21(28)24(35)33(25(22)36)20-4-2-1-3-18(20)29/h1-13,30H,(H,31,32,34). The Bertz CT molecular complexity index is 1570. The molecule has 0 unspecified atom stereocenters. The number of para-hydroxylation sites is 1. The van der Waals surface area contributed by atoms with Crippen LogP contribution >= 0.6 is 34.5 Å². The van der Waals surface area contributed by atoms with Crippen molar-refractivity contribution in [3.05, 3.63) is 105 Å². The molecule has 3 aromatic carbocycles. The highest BCUT2D eigenvalue weighted by Crippen LogP contribution is 2.32. The molecule has 2 heterocycles. The lowest BCUT2D eigenvalue weighted by atomic mass is 10.2. The molecule has 1 aliphatic heterocycles. The summed E-state index contributed by atoms with van der Waals surface area (Å²) in [6.07, 6.45) is 0. The molecule has 5 rings (SSSR count). The summed E-state index contributed by atoms with van der Waals surface area (Å²) in [5, 5.41) is 8.06. The van der Waals surface area contributed by atoms with E-state index in [1.165, 1.54) is 41.7 Å². The van der Waals surface area contributed by atoms with Crippen LogP contribution in [0, 0.1) is 5.82 Å². The molecule has 2 N–H and O–H groups in total. The molecule has 3 amide bonds. The lowest BCUT2D eigenvalue weighted by Gasteiger charge is -2.15. The van der Waals surface area contributed by atoms with Crippen molar-refractivity contribution >= 4 is 68.8 Å². The van der Waals surface area contributed by atoms with Gasteiger partial charge in [0.15, 0.2) is 5.13 Å². The van der Waals surface area contributed by atoms with Gasteiger partial charge in [-0.1, -0.05) is 47.5 Å². The molecule has 184 valence electrons. The zero-order chi connectivity index (χ0) is 26.1. The van der Waals surface area contributed by atoms with E-state index in [9.17, 15) is 18.8 Å². The molecule has 0 aliphatic carbocycles. The number of carbonyl (C=O) groups is 3. The minimum Gasteiger partial charge on any atom is -0.350 e. The number of hydrogen-bond acceptors (Lipinski definition) is 6. The van der Waals surface area contributed by atoms with E-state index in [0.29, 0.717) is 32.0 Å². The average molecular weight is 553 g/mol. The van der Waals surface area contributed by atoms with Crippen molar-refractivity contribution in [2.75, 3.05) is 15.5 Å². The van der Waals surface area contributed by atoms with Crippen molar-refractivity contribution in [1.29, 1.82) is 0 Å². The quantitative estimate of drug-likeness (QED) is 0.274. The van der Waals surface area contributed by atoms with E-state index in [1.54, 1.807) is 24.3 Å². The number of hydrogen-bond donors (Lipinski definition) is 2. The Morgan fingerprint density at radius 2 is 1.62 bits per heavy atom. The van der Waals surface area contributed by atoms with E-state index < -0.39 is 17.6 Å². The Hall–Kier alpha value is -4.05. The Morgan fingerprint density at radius 3 is 2.32 bits per heavy atom. The van der Waals surface area contributed by atoms with E-state index in [1.807, 2.05) is 17.5 Å². The molecule has 0 saturated carbocycles. The third kappa shape index (κ3) is 4.97. The van der Waals surface area contributed by atoms with Gasteiger partial charge in [-0.15, -0.1) is 11.3 Å². The molecule has 0 spiro atoms. The second-order valence-electron chi connectivity index (χ2n) is 7.79. The number of anilines is 3. The van der Waals surface area contributed by atoms with E-state index in [-0.39, 0.29) is 22.3 Å². The first-order valence-corrected chi connectivity index (χ1v) is 12.4. The molecule has 0 radical (unpaired) electrons. The first-order chi connectivity index (χ1) is 17.8. The lowest BCUT2D eigenvalue weighted by Crippen LogP contribution is -2.33. The van der Waals surface area contributed by atoms with Crippen LogP contribution < -0.4 is 15.5 Å². The highest BCUT2D eigenvalue weighted by Gasteiger charge is 2.40. The van der Waals surface area contributed by atoms with Crippen molar-refractivity contribution in [1.82, 2.24) is 4.98 Å². The van der Waals surface area contributed by atoms with E-state index in [4.69, 9.17) is 23.2 Å². The summed E-state index contributed by atoms with van der Waals surface area (Å²) < 4.78 is 14.2. The summed E-state index contributed by atoms with van der Waals surface area (Å²) >= 11 is 13.3. The van der Waals surface area contributed by atoms with Crippen LogP contribution in [0.3, 0.4) is 0 Å². The molecule has 7 nitrogen and oxygen atoms in total. The molecule has 0 fully saturated rings. The summed E-state index contributed by atoms with van der Waals surface area (Å²) in [5.74, 6) is -2.73. The van der Waals surface area contributed by atoms with Crippen molar-refractivity contribution < 1.29 is 18.8 Å². The summed E-state index contributed by atoms with van der Waals surface area (Å²) in [4.78, 5) is 43.2. The normalized spacial score (nSPS) is 13.3. The molecule has 0 saturated heterocycles. The fourth-order valence-corrected chi connectivity index (χ4v) is 4.62. The molecule has 1 aliphatic rings. The van der Waals surface area contributed by atoms with Gasteiger partial charge >= 0.3 is 0 Å². The fraction of sp³-hybridized carbons (Fsp3) is 0. The number of amides is 3. The lowest BCUT2D eigenvalue weighted by molar-refractivity contribution is -0.120.